The number of rotatable bonds is 3. The highest BCUT2D eigenvalue weighted by Crippen LogP contribution is 2.41. The fourth-order valence-electron chi connectivity index (χ4n) is 2.52. The average molecular weight is 345 g/mol. The number of hydrogen-bond acceptors (Lipinski definition) is 6. The summed E-state index contributed by atoms with van der Waals surface area (Å²) in [5, 5.41) is -0.160. The number of carbonyl (C=O) groups is 4. The van der Waals surface area contributed by atoms with Crippen molar-refractivity contribution in [2.24, 2.45) is 29.6 Å². The van der Waals surface area contributed by atoms with Gasteiger partial charge in [-0.25, -0.2) is 0 Å². The second kappa shape index (κ2) is 6.23. The molecular formula is C16H21ClO6. The number of Topliss-reactive ketones (excluding diaryl/α,β-unsaturated/α-hetero) is 1. The van der Waals surface area contributed by atoms with Gasteiger partial charge in [-0.2, -0.15) is 0 Å². The molecule has 4 atom stereocenters. The Bertz CT molecular complexity index is 535. The van der Waals surface area contributed by atoms with Gasteiger partial charge in [-0.3, -0.25) is 19.2 Å². The molecule has 6 nitrogen and oxygen atoms in total. The van der Waals surface area contributed by atoms with E-state index in [2.05, 4.69) is 0 Å². The van der Waals surface area contributed by atoms with E-state index in [-0.39, 0.29) is 28.8 Å². The van der Waals surface area contributed by atoms with Crippen LogP contribution in [0.5, 0.6) is 0 Å². The van der Waals surface area contributed by atoms with Crippen LogP contribution in [-0.2, 0) is 28.7 Å². The van der Waals surface area contributed by atoms with Crippen molar-refractivity contribution < 1.29 is 28.7 Å². The lowest BCUT2D eigenvalue weighted by Crippen LogP contribution is -2.49. The fourth-order valence-corrected chi connectivity index (χ4v) is 2.83. The molecule has 0 spiro atoms. The average Bonchev–Trinajstić information content (AvgIpc) is 3.26. The van der Waals surface area contributed by atoms with Gasteiger partial charge in [-0.15, -0.1) is 0 Å². The third-order valence-electron chi connectivity index (χ3n) is 4.32. The Morgan fingerprint density at radius 3 is 1.65 bits per heavy atom. The summed E-state index contributed by atoms with van der Waals surface area (Å²) >= 11 is 5.13. The van der Waals surface area contributed by atoms with E-state index in [9.17, 15) is 19.2 Å². The summed E-state index contributed by atoms with van der Waals surface area (Å²) in [6, 6.07) is 0. The van der Waals surface area contributed by atoms with E-state index in [1.807, 2.05) is 13.8 Å². The Morgan fingerprint density at radius 2 is 1.39 bits per heavy atom. The molecule has 1 saturated heterocycles. The first-order valence-corrected chi connectivity index (χ1v) is 8.10. The first kappa shape index (κ1) is 17.9. The van der Waals surface area contributed by atoms with Gasteiger partial charge >= 0.3 is 11.9 Å². The molecule has 1 aliphatic heterocycles. The summed E-state index contributed by atoms with van der Waals surface area (Å²) in [6.07, 6.45) is 1.74. The van der Waals surface area contributed by atoms with Gasteiger partial charge in [0.15, 0.2) is 5.78 Å². The molecule has 2 saturated carbocycles. The number of ether oxygens (including phenoxy) is 2. The van der Waals surface area contributed by atoms with E-state index in [1.54, 1.807) is 0 Å². The Morgan fingerprint density at radius 1 is 1.00 bits per heavy atom. The third kappa shape index (κ3) is 4.31. The molecule has 23 heavy (non-hydrogen) atoms. The topological polar surface area (TPSA) is 86.7 Å². The zero-order valence-corrected chi connectivity index (χ0v) is 14.4. The van der Waals surface area contributed by atoms with Crippen molar-refractivity contribution in [3.8, 4) is 0 Å². The Kier molecular flexibility index (Phi) is 4.85. The lowest BCUT2D eigenvalue weighted by molar-refractivity contribution is -0.238. The molecule has 3 aliphatic rings. The van der Waals surface area contributed by atoms with Crippen molar-refractivity contribution >= 4 is 34.6 Å². The molecular weight excluding hydrogens is 324 g/mol. The van der Waals surface area contributed by atoms with Gasteiger partial charge in [0, 0.05) is 25.7 Å². The quantitative estimate of drug-likeness (QED) is 0.442. The van der Waals surface area contributed by atoms with E-state index < -0.39 is 23.6 Å². The van der Waals surface area contributed by atoms with Crippen LogP contribution >= 0.6 is 11.6 Å². The first-order chi connectivity index (χ1) is 10.5. The summed E-state index contributed by atoms with van der Waals surface area (Å²) in [5.41, 5.74) is 0. The van der Waals surface area contributed by atoms with Crippen LogP contribution in [-0.4, -0.2) is 28.8 Å². The molecule has 1 heterocycles. The van der Waals surface area contributed by atoms with Crippen LogP contribution in [0.3, 0.4) is 0 Å². The zero-order chi connectivity index (χ0) is 17.5. The number of cyclic esters (lactones) is 2. The highest BCUT2D eigenvalue weighted by atomic mass is 35.5. The van der Waals surface area contributed by atoms with E-state index in [1.165, 1.54) is 13.8 Å². The molecule has 0 aromatic carbocycles. The predicted molar refractivity (Wildman–Crippen MR) is 80.2 cm³/mol. The first-order valence-electron chi connectivity index (χ1n) is 7.72. The van der Waals surface area contributed by atoms with Gasteiger partial charge < -0.3 is 9.47 Å². The lowest BCUT2D eigenvalue weighted by atomic mass is 9.98. The summed E-state index contributed by atoms with van der Waals surface area (Å²) in [4.78, 5) is 45.1. The van der Waals surface area contributed by atoms with Crippen molar-refractivity contribution in [3.05, 3.63) is 0 Å². The maximum atomic E-state index is 11.8. The molecule has 128 valence electrons. The van der Waals surface area contributed by atoms with Crippen molar-refractivity contribution in [2.75, 3.05) is 0 Å². The van der Waals surface area contributed by atoms with Crippen LogP contribution in [0.4, 0.5) is 0 Å². The van der Waals surface area contributed by atoms with Crippen LogP contribution in [0, 0.1) is 29.6 Å². The van der Waals surface area contributed by atoms with Gasteiger partial charge in [0.25, 0.3) is 5.79 Å². The standard InChI is InChI=1S/C11H14O5.C5H7ClO/c1-5-4-6(5)8(12)7-9(13)15-11(2,3)16-10(7)14;1-3-2-4(3)5(6)7/h5-7H,4H2,1-3H3;3-4H,2H2,1H3. The molecule has 2 aliphatic carbocycles. The van der Waals surface area contributed by atoms with Crippen molar-refractivity contribution in [1.82, 2.24) is 0 Å². The molecule has 3 rings (SSSR count). The monoisotopic (exact) mass is 344 g/mol. The number of carbonyl (C=O) groups excluding carboxylic acids is 4. The van der Waals surface area contributed by atoms with E-state index in [0.29, 0.717) is 5.92 Å². The Hall–Kier alpha value is -1.43. The number of halogens is 1. The highest BCUT2D eigenvalue weighted by Gasteiger charge is 2.53. The Balaban J connectivity index is 0.000000229. The fraction of sp³-hybridized carbons (Fsp3) is 0.750. The molecule has 7 heteroatoms. The third-order valence-corrected chi connectivity index (χ3v) is 4.60. The normalized spacial score (nSPS) is 34.5. The second-order valence-corrected chi connectivity index (χ2v) is 7.39. The smallest absolute Gasteiger partial charge is 0.331 e. The minimum absolute atomic E-state index is 0.160. The molecule has 4 unspecified atom stereocenters. The highest BCUT2D eigenvalue weighted by molar-refractivity contribution is 6.64. The molecule has 3 fully saturated rings. The maximum Gasteiger partial charge on any atom is 0.331 e. The van der Waals surface area contributed by atoms with E-state index >= 15 is 0 Å². The summed E-state index contributed by atoms with van der Waals surface area (Å²) < 4.78 is 9.78. The van der Waals surface area contributed by atoms with Gasteiger partial charge in [-0.1, -0.05) is 13.8 Å². The van der Waals surface area contributed by atoms with Crippen LogP contribution in [0.25, 0.3) is 0 Å². The van der Waals surface area contributed by atoms with Crippen LogP contribution in [0.2, 0.25) is 0 Å². The molecule has 0 N–H and O–H groups in total. The van der Waals surface area contributed by atoms with Gasteiger partial charge in [-0.05, 0) is 36.3 Å². The van der Waals surface area contributed by atoms with E-state index in [0.717, 1.165) is 12.8 Å². The second-order valence-electron chi connectivity index (χ2n) is 7.02. The van der Waals surface area contributed by atoms with Gasteiger partial charge in [0.1, 0.15) is 0 Å². The van der Waals surface area contributed by atoms with E-state index in [4.69, 9.17) is 21.1 Å². The molecule has 0 aromatic rings. The lowest BCUT2D eigenvalue weighted by Gasteiger charge is -2.32. The summed E-state index contributed by atoms with van der Waals surface area (Å²) in [6.45, 7) is 6.86. The largest absolute Gasteiger partial charge is 0.422 e. The number of hydrogen-bond donors (Lipinski definition) is 0. The Labute approximate surface area is 139 Å². The van der Waals surface area contributed by atoms with Crippen LogP contribution in [0.15, 0.2) is 0 Å². The van der Waals surface area contributed by atoms with Crippen LogP contribution < -0.4 is 0 Å². The maximum absolute atomic E-state index is 11.8. The number of esters is 2. The predicted octanol–water partition coefficient (Wildman–Crippen LogP) is 2.07. The summed E-state index contributed by atoms with van der Waals surface area (Å²) in [5.74, 6) is -3.75. The molecule has 0 bridgehead atoms. The molecule has 0 aromatic heterocycles. The minimum atomic E-state index is -1.37. The SMILES string of the molecule is CC1CC1C(=O)C1C(=O)OC(C)(C)OC1=O.CC1CC1C(=O)Cl. The summed E-state index contributed by atoms with van der Waals surface area (Å²) in [7, 11) is 0. The molecule has 0 radical (unpaired) electrons. The van der Waals surface area contributed by atoms with Gasteiger partial charge in [0.05, 0.1) is 0 Å². The van der Waals surface area contributed by atoms with Gasteiger partial charge in [0.2, 0.25) is 11.2 Å². The van der Waals surface area contributed by atoms with Crippen molar-refractivity contribution in [3.63, 3.8) is 0 Å². The number of ketones is 1. The van der Waals surface area contributed by atoms with Crippen molar-refractivity contribution in [1.29, 1.82) is 0 Å². The van der Waals surface area contributed by atoms with Crippen LogP contribution in [0.1, 0.15) is 40.5 Å². The van der Waals surface area contributed by atoms with Crippen molar-refractivity contribution in [2.45, 2.75) is 46.3 Å². The minimum Gasteiger partial charge on any atom is -0.422 e. The molecule has 0 amide bonds. The zero-order valence-electron chi connectivity index (χ0n) is 13.6.